The third kappa shape index (κ3) is 2.97. The molecular formula is C13H17BrO. The van der Waals surface area contributed by atoms with Crippen molar-refractivity contribution in [3.8, 4) is 5.75 Å². The summed E-state index contributed by atoms with van der Waals surface area (Å²) in [5.74, 6) is 1.06. The van der Waals surface area contributed by atoms with Crippen molar-refractivity contribution >= 4 is 15.9 Å². The number of hydrogen-bond acceptors (Lipinski definition) is 1. The van der Waals surface area contributed by atoms with Crippen molar-refractivity contribution < 1.29 is 4.74 Å². The van der Waals surface area contributed by atoms with E-state index in [0.29, 0.717) is 6.10 Å². The average Bonchev–Trinajstić information content (AvgIpc) is 2.31. The highest BCUT2D eigenvalue weighted by Crippen LogP contribution is 2.26. The summed E-state index contributed by atoms with van der Waals surface area (Å²) in [5.41, 5.74) is 1.25. The van der Waals surface area contributed by atoms with Gasteiger partial charge in [0.2, 0.25) is 0 Å². The first kappa shape index (κ1) is 11.0. The second-order valence-electron chi connectivity index (χ2n) is 4.12. The monoisotopic (exact) mass is 268 g/mol. The zero-order valence-corrected chi connectivity index (χ0v) is 10.5. The normalized spacial score (nSPS) is 17.7. The number of halogens is 1. The molecule has 0 spiro atoms. The lowest BCUT2D eigenvalue weighted by molar-refractivity contribution is 0.154. The Morgan fingerprint density at radius 2 is 1.87 bits per heavy atom. The Kier molecular flexibility index (Phi) is 4.07. The van der Waals surface area contributed by atoms with Gasteiger partial charge in [0.1, 0.15) is 5.75 Å². The van der Waals surface area contributed by atoms with Crippen molar-refractivity contribution in [3.63, 3.8) is 0 Å². The maximum absolute atomic E-state index is 6.05. The summed E-state index contributed by atoms with van der Waals surface area (Å²) < 4.78 is 6.05. The number of benzene rings is 1. The Hall–Kier alpha value is -0.500. The Balaban J connectivity index is 2.02. The molecule has 0 unspecified atom stereocenters. The van der Waals surface area contributed by atoms with Gasteiger partial charge in [0.05, 0.1) is 6.10 Å². The van der Waals surface area contributed by atoms with E-state index >= 15 is 0 Å². The third-order valence-electron chi connectivity index (χ3n) is 2.96. The predicted octanol–water partition coefficient (Wildman–Crippen LogP) is 4.29. The van der Waals surface area contributed by atoms with Gasteiger partial charge in [0, 0.05) is 10.9 Å². The van der Waals surface area contributed by atoms with Gasteiger partial charge in [-0.3, -0.25) is 0 Å². The van der Waals surface area contributed by atoms with Gasteiger partial charge in [0.25, 0.3) is 0 Å². The molecule has 0 bridgehead atoms. The maximum Gasteiger partial charge on any atom is 0.123 e. The van der Waals surface area contributed by atoms with Crippen LogP contribution in [0.2, 0.25) is 0 Å². The first-order valence-electron chi connectivity index (χ1n) is 5.70. The molecule has 1 aliphatic carbocycles. The van der Waals surface area contributed by atoms with Crippen molar-refractivity contribution in [2.24, 2.45) is 0 Å². The van der Waals surface area contributed by atoms with Crippen LogP contribution < -0.4 is 4.74 Å². The number of hydrogen-bond donors (Lipinski definition) is 0. The second-order valence-corrected chi connectivity index (χ2v) is 4.68. The molecule has 15 heavy (non-hydrogen) atoms. The van der Waals surface area contributed by atoms with Crippen molar-refractivity contribution in [1.29, 1.82) is 0 Å². The minimum absolute atomic E-state index is 0.443. The van der Waals surface area contributed by atoms with Crippen molar-refractivity contribution in [1.82, 2.24) is 0 Å². The molecule has 1 aromatic rings. The Bertz CT molecular complexity index is 305. The summed E-state index contributed by atoms with van der Waals surface area (Å²) in [7, 11) is 0. The van der Waals surface area contributed by atoms with E-state index in [4.69, 9.17) is 4.74 Å². The SMILES string of the molecule is BrCc1ccccc1OC1CCCCC1. The minimum atomic E-state index is 0.443. The molecule has 0 radical (unpaired) electrons. The van der Waals surface area contributed by atoms with Gasteiger partial charge in [-0.05, 0) is 31.7 Å². The minimum Gasteiger partial charge on any atom is -0.490 e. The van der Waals surface area contributed by atoms with Crippen molar-refractivity contribution in [3.05, 3.63) is 29.8 Å². The van der Waals surface area contributed by atoms with E-state index in [2.05, 4.69) is 34.1 Å². The summed E-state index contributed by atoms with van der Waals surface area (Å²) >= 11 is 3.49. The molecule has 1 fully saturated rings. The van der Waals surface area contributed by atoms with Gasteiger partial charge in [0.15, 0.2) is 0 Å². The fourth-order valence-electron chi connectivity index (χ4n) is 2.09. The molecule has 82 valence electrons. The zero-order valence-electron chi connectivity index (χ0n) is 8.92. The van der Waals surface area contributed by atoms with E-state index in [1.807, 2.05) is 6.07 Å². The predicted molar refractivity (Wildman–Crippen MR) is 66.6 cm³/mol. The first-order valence-corrected chi connectivity index (χ1v) is 6.83. The molecule has 0 amide bonds. The Morgan fingerprint density at radius 3 is 2.60 bits per heavy atom. The quantitative estimate of drug-likeness (QED) is 0.744. The van der Waals surface area contributed by atoms with Crippen LogP contribution in [-0.4, -0.2) is 6.10 Å². The van der Waals surface area contributed by atoms with Crippen LogP contribution in [0.4, 0.5) is 0 Å². The molecule has 0 aliphatic heterocycles. The molecule has 0 saturated heterocycles. The van der Waals surface area contributed by atoms with Crippen LogP contribution >= 0.6 is 15.9 Å². The van der Waals surface area contributed by atoms with Crippen LogP contribution in [0, 0.1) is 0 Å². The largest absolute Gasteiger partial charge is 0.490 e. The van der Waals surface area contributed by atoms with Crippen LogP contribution in [0.15, 0.2) is 24.3 Å². The van der Waals surface area contributed by atoms with E-state index in [0.717, 1.165) is 11.1 Å². The third-order valence-corrected chi connectivity index (χ3v) is 3.57. The van der Waals surface area contributed by atoms with E-state index in [1.54, 1.807) is 0 Å². The second kappa shape index (κ2) is 5.55. The number of rotatable bonds is 3. The number of para-hydroxylation sites is 1. The molecule has 0 heterocycles. The van der Waals surface area contributed by atoms with Gasteiger partial charge in [-0.25, -0.2) is 0 Å². The molecule has 0 aromatic heterocycles. The van der Waals surface area contributed by atoms with Crippen LogP contribution in [0.5, 0.6) is 5.75 Å². The molecule has 1 aromatic carbocycles. The zero-order chi connectivity index (χ0) is 10.5. The van der Waals surface area contributed by atoms with Gasteiger partial charge >= 0.3 is 0 Å². The van der Waals surface area contributed by atoms with Crippen molar-refractivity contribution in [2.75, 3.05) is 0 Å². The standard InChI is InChI=1S/C13H17BrO/c14-10-11-6-4-5-9-13(11)15-12-7-2-1-3-8-12/h4-6,9,12H,1-3,7-8,10H2. The highest BCUT2D eigenvalue weighted by atomic mass is 79.9. The Labute approximate surface area is 100.0 Å². The Morgan fingerprint density at radius 1 is 1.13 bits per heavy atom. The van der Waals surface area contributed by atoms with E-state index in [9.17, 15) is 0 Å². The summed E-state index contributed by atoms with van der Waals surface area (Å²) in [5, 5.41) is 0.871. The van der Waals surface area contributed by atoms with Crippen LogP contribution in [0.1, 0.15) is 37.7 Å². The smallest absolute Gasteiger partial charge is 0.123 e. The van der Waals surface area contributed by atoms with Crippen LogP contribution in [-0.2, 0) is 5.33 Å². The van der Waals surface area contributed by atoms with E-state index < -0.39 is 0 Å². The van der Waals surface area contributed by atoms with Crippen LogP contribution in [0.25, 0.3) is 0 Å². The summed E-state index contributed by atoms with van der Waals surface area (Å²) in [6.45, 7) is 0. The molecule has 0 atom stereocenters. The fraction of sp³-hybridized carbons (Fsp3) is 0.538. The van der Waals surface area contributed by atoms with Crippen molar-refractivity contribution in [2.45, 2.75) is 43.5 Å². The first-order chi connectivity index (χ1) is 7.40. The average molecular weight is 269 g/mol. The lowest BCUT2D eigenvalue weighted by atomic mass is 9.98. The fourth-order valence-corrected chi connectivity index (χ4v) is 2.55. The molecule has 1 aliphatic rings. The molecule has 0 N–H and O–H groups in total. The topological polar surface area (TPSA) is 9.23 Å². The molecule has 2 heteroatoms. The summed E-state index contributed by atoms with van der Waals surface area (Å²) in [6.07, 6.45) is 6.90. The molecule has 1 nitrogen and oxygen atoms in total. The van der Waals surface area contributed by atoms with E-state index in [-0.39, 0.29) is 0 Å². The summed E-state index contributed by atoms with van der Waals surface area (Å²) in [4.78, 5) is 0. The number of ether oxygens (including phenoxy) is 1. The van der Waals surface area contributed by atoms with Gasteiger partial charge < -0.3 is 4.74 Å². The highest BCUT2D eigenvalue weighted by molar-refractivity contribution is 9.08. The summed E-state index contributed by atoms with van der Waals surface area (Å²) in [6, 6.07) is 8.30. The number of alkyl halides is 1. The molecular weight excluding hydrogens is 252 g/mol. The lowest BCUT2D eigenvalue weighted by Crippen LogP contribution is -2.20. The van der Waals surface area contributed by atoms with Gasteiger partial charge in [-0.1, -0.05) is 40.5 Å². The van der Waals surface area contributed by atoms with Gasteiger partial charge in [-0.15, -0.1) is 0 Å². The van der Waals surface area contributed by atoms with Gasteiger partial charge in [-0.2, -0.15) is 0 Å². The maximum atomic E-state index is 6.05. The van der Waals surface area contributed by atoms with E-state index in [1.165, 1.54) is 37.7 Å². The van der Waals surface area contributed by atoms with Crippen LogP contribution in [0.3, 0.4) is 0 Å². The lowest BCUT2D eigenvalue weighted by Gasteiger charge is -2.24. The highest BCUT2D eigenvalue weighted by Gasteiger charge is 2.15. The molecule has 1 saturated carbocycles. The molecule has 2 rings (SSSR count).